The molecule has 2 rings (SSSR count). The van der Waals surface area contributed by atoms with Gasteiger partial charge in [0.15, 0.2) is 0 Å². The largest absolute Gasteiger partial charge is 0.466 e. The number of hydrazone groups is 1. The van der Waals surface area contributed by atoms with Crippen LogP contribution in [-0.4, -0.2) is 41.6 Å². The molecular formula is C14H16N3O4+. The van der Waals surface area contributed by atoms with Crippen molar-refractivity contribution in [3.8, 4) is 0 Å². The Kier molecular flexibility index (Phi) is 4.22. The number of carbonyl (C=O) groups is 2. The standard InChI is InChI=1S/C14H15N3O4/c1-10-11-6-4-5-9-16(11)15-17(10)12(14(19)21-3)7-8-13(18)20-2/h4-9H,1-3H3/p+1. The molecule has 0 aromatic carbocycles. The summed E-state index contributed by atoms with van der Waals surface area (Å²) in [5.74, 6) is -1.13. The Morgan fingerprint density at radius 2 is 2.00 bits per heavy atom. The Balaban J connectivity index is 2.45. The fourth-order valence-electron chi connectivity index (χ4n) is 1.91. The van der Waals surface area contributed by atoms with Gasteiger partial charge in [0.1, 0.15) is 5.70 Å². The van der Waals surface area contributed by atoms with Gasteiger partial charge in [0, 0.05) is 25.3 Å². The molecule has 0 amide bonds. The number of allylic oxidation sites excluding steroid dienone is 4. The number of carbonyl (C=O) groups excluding carboxylic acids is 2. The Hall–Kier alpha value is -2.83. The average molecular weight is 290 g/mol. The summed E-state index contributed by atoms with van der Waals surface area (Å²) in [6.45, 7) is 1.85. The van der Waals surface area contributed by atoms with E-state index in [9.17, 15) is 9.59 Å². The number of ether oxygens (including phenoxy) is 2. The van der Waals surface area contributed by atoms with E-state index in [4.69, 9.17) is 4.74 Å². The predicted molar refractivity (Wildman–Crippen MR) is 74.4 cm³/mol. The van der Waals surface area contributed by atoms with Crippen molar-refractivity contribution in [1.29, 1.82) is 0 Å². The van der Waals surface area contributed by atoms with Crippen LogP contribution in [-0.2, 0) is 19.1 Å². The predicted octanol–water partition coefficient (Wildman–Crippen LogP) is 0.392. The van der Waals surface area contributed by atoms with Crippen LogP contribution in [0.15, 0.2) is 48.0 Å². The molecule has 110 valence electrons. The van der Waals surface area contributed by atoms with Crippen molar-refractivity contribution in [2.75, 3.05) is 14.2 Å². The van der Waals surface area contributed by atoms with Crippen LogP contribution in [0, 0.1) is 0 Å². The van der Waals surface area contributed by atoms with Crippen LogP contribution in [0.2, 0.25) is 0 Å². The van der Waals surface area contributed by atoms with E-state index in [0.717, 1.165) is 17.5 Å². The molecule has 7 nitrogen and oxygen atoms in total. The normalized spacial score (nSPS) is 18.7. The maximum atomic E-state index is 11.9. The maximum Gasteiger partial charge on any atom is 0.406 e. The van der Waals surface area contributed by atoms with Crippen LogP contribution >= 0.6 is 0 Å². The van der Waals surface area contributed by atoms with Gasteiger partial charge in [-0.2, -0.15) is 0 Å². The minimum atomic E-state index is -0.574. The molecule has 0 radical (unpaired) electrons. The van der Waals surface area contributed by atoms with Gasteiger partial charge in [-0.3, -0.25) is 0 Å². The summed E-state index contributed by atoms with van der Waals surface area (Å²) in [6.07, 6.45) is 9.98. The van der Waals surface area contributed by atoms with E-state index in [-0.39, 0.29) is 5.71 Å². The molecule has 0 saturated heterocycles. The van der Waals surface area contributed by atoms with Gasteiger partial charge in [-0.25, -0.2) is 14.6 Å². The van der Waals surface area contributed by atoms with Crippen molar-refractivity contribution in [1.82, 2.24) is 10.5 Å². The summed E-state index contributed by atoms with van der Waals surface area (Å²) in [7, 11) is 2.54. The molecule has 2 heterocycles. The highest BCUT2D eigenvalue weighted by Gasteiger charge is 2.34. The molecule has 0 saturated carbocycles. The minimum absolute atomic E-state index is 0.170. The van der Waals surface area contributed by atoms with Gasteiger partial charge >= 0.3 is 17.7 Å². The highest BCUT2D eigenvalue weighted by Crippen LogP contribution is 2.20. The zero-order chi connectivity index (χ0) is 15.4. The van der Waals surface area contributed by atoms with Gasteiger partial charge in [0.25, 0.3) is 0 Å². The van der Waals surface area contributed by atoms with Crippen molar-refractivity contribution in [2.45, 2.75) is 6.92 Å². The number of hydrazine groups is 2. The van der Waals surface area contributed by atoms with Gasteiger partial charge in [0.05, 0.1) is 14.2 Å². The van der Waals surface area contributed by atoms with E-state index in [2.05, 4.69) is 10.3 Å². The first-order valence-corrected chi connectivity index (χ1v) is 6.21. The molecule has 21 heavy (non-hydrogen) atoms. The number of nitrogens with one attached hydrogen (secondary N) is 1. The molecule has 0 spiro atoms. The number of hydrogen-bond acceptors (Lipinski definition) is 6. The fraction of sp³-hybridized carbons (Fsp3) is 0.214. The van der Waals surface area contributed by atoms with E-state index in [1.54, 1.807) is 9.69 Å². The molecule has 0 aromatic heterocycles. The van der Waals surface area contributed by atoms with Gasteiger partial charge < -0.3 is 9.47 Å². The van der Waals surface area contributed by atoms with E-state index in [1.165, 1.54) is 20.3 Å². The summed E-state index contributed by atoms with van der Waals surface area (Å²) in [5, 5.41) is 1.75. The first kappa shape index (κ1) is 14.6. The molecule has 0 aliphatic carbocycles. The quantitative estimate of drug-likeness (QED) is 0.461. The lowest BCUT2D eigenvalue weighted by molar-refractivity contribution is -0.549. The Morgan fingerprint density at radius 3 is 2.62 bits per heavy atom. The molecule has 0 fully saturated rings. The molecule has 2 aliphatic heterocycles. The van der Waals surface area contributed by atoms with Crippen LogP contribution in [0.4, 0.5) is 0 Å². The second-order valence-electron chi connectivity index (χ2n) is 4.21. The van der Waals surface area contributed by atoms with Crippen molar-refractivity contribution in [2.24, 2.45) is 0 Å². The van der Waals surface area contributed by atoms with Crippen molar-refractivity contribution < 1.29 is 23.7 Å². The van der Waals surface area contributed by atoms with Gasteiger partial charge in [-0.1, -0.05) is 16.3 Å². The average Bonchev–Trinajstić information content (AvgIpc) is 2.84. The zero-order valence-electron chi connectivity index (χ0n) is 12.0. The highest BCUT2D eigenvalue weighted by molar-refractivity contribution is 6.39. The molecule has 0 bridgehead atoms. The third-order valence-electron chi connectivity index (χ3n) is 2.99. The summed E-state index contributed by atoms with van der Waals surface area (Å²) in [4.78, 5) is 23.1. The van der Waals surface area contributed by atoms with Crippen LogP contribution in [0.5, 0.6) is 0 Å². The minimum Gasteiger partial charge on any atom is -0.466 e. The van der Waals surface area contributed by atoms with E-state index in [0.29, 0.717) is 0 Å². The van der Waals surface area contributed by atoms with E-state index < -0.39 is 11.9 Å². The molecule has 1 N–H and O–H groups in total. The van der Waals surface area contributed by atoms with Crippen molar-refractivity contribution in [3.05, 3.63) is 48.0 Å². The monoisotopic (exact) mass is 290 g/mol. The number of fused-ring (bicyclic) bond motifs is 1. The lowest BCUT2D eigenvalue weighted by Crippen LogP contribution is -2.38. The van der Waals surface area contributed by atoms with E-state index in [1.807, 2.05) is 31.4 Å². The van der Waals surface area contributed by atoms with Crippen molar-refractivity contribution in [3.63, 3.8) is 0 Å². The topological polar surface area (TPSA) is 70.9 Å². The second kappa shape index (κ2) is 6.08. The number of nitrogens with zero attached hydrogens (tertiary/aromatic N) is 2. The fourth-order valence-corrected chi connectivity index (χ4v) is 1.91. The van der Waals surface area contributed by atoms with E-state index >= 15 is 0 Å². The SMILES string of the molecule is COC(=O)/C=C/C(C(=O)OC)=[N+]1NN2C=CC=CC2=C1C. The van der Waals surface area contributed by atoms with Gasteiger partial charge in [0.2, 0.25) is 5.70 Å². The zero-order valence-corrected chi connectivity index (χ0v) is 12.0. The molecule has 2 aliphatic rings. The third-order valence-corrected chi connectivity index (χ3v) is 2.99. The highest BCUT2D eigenvalue weighted by atomic mass is 16.5. The summed E-state index contributed by atoms with van der Waals surface area (Å²) in [6, 6.07) is 0. The molecule has 0 aromatic rings. The number of esters is 2. The molecular weight excluding hydrogens is 274 g/mol. The number of hydrogen-bond donors (Lipinski definition) is 1. The van der Waals surface area contributed by atoms with Gasteiger partial charge in [-0.05, 0) is 12.2 Å². The van der Waals surface area contributed by atoms with Crippen LogP contribution < -0.4 is 5.53 Å². The summed E-state index contributed by atoms with van der Waals surface area (Å²) in [5.41, 5.74) is 4.87. The summed E-state index contributed by atoms with van der Waals surface area (Å²) >= 11 is 0. The number of methoxy groups -OCH3 is 2. The maximum absolute atomic E-state index is 11.9. The van der Waals surface area contributed by atoms with Gasteiger partial charge in [-0.15, -0.1) is 0 Å². The lowest BCUT2D eigenvalue weighted by atomic mass is 10.2. The molecule has 0 unspecified atom stereocenters. The second-order valence-corrected chi connectivity index (χ2v) is 4.21. The smallest absolute Gasteiger partial charge is 0.406 e. The Bertz CT molecular complexity index is 626. The van der Waals surface area contributed by atoms with Crippen LogP contribution in [0.25, 0.3) is 0 Å². The molecule has 0 atom stereocenters. The first-order valence-electron chi connectivity index (χ1n) is 6.21. The Morgan fingerprint density at radius 1 is 1.24 bits per heavy atom. The molecule has 7 heteroatoms. The number of rotatable bonds is 3. The first-order chi connectivity index (χ1) is 10.1. The third kappa shape index (κ3) is 2.86. The van der Waals surface area contributed by atoms with Crippen molar-refractivity contribution >= 4 is 17.7 Å². The van der Waals surface area contributed by atoms with Crippen LogP contribution in [0.3, 0.4) is 0 Å². The summed E-state index contributed by atoms with van der Waals surface area (Å²) < 4.78 is 10.8. The van der Waals surface area contributed by atoms with Crippen LogP contribution in [0.1, 0.15) is 6.92 Å². The Labute approximate surface area is 122 Å². The lowest BCUT2D eigenvalue weighted by Gasteiger charge is -2.11.